The van der Waals surface area contributed by atoms with Gasteiger partial charge in [0.15, 0.2) is 0 Å². The van der Waals surface area contributed by atoms with Crippen molar-refractivity contribution in [1.29, 1.82) is 0 Å². The molecule has 2 fully saturated rings. The summed E-state index contributed by atoms with van der Waals surface area (Å²) in [4.78, 5) is 13.2. The first-order chi connectivity index (χ1) is 9.12. The van der Waals surface area contributed by atoms with Gasteiger partial charge in [-0.25, -0.2) is 0 Å². The third-order valence-electron chi connectivity index (χ3n) is 4.78. The molecule has 2 aliphatic rings. The molecule has 1 saturated heterocycles. The van der Waals surface area contributed by atoms with E-state index in [1.165, 1.54) is 18.7 Å². The molecule has 1 aliphatic heterocycles. The predicted octanol–water partition coefficient (Wildman–Crippen LogP) is 1.89. The normalized spacial score (nSPS) is 29.9. The third-order valence-corrected chi connectivity index (χ3v) is 4.78. The minimum Gasteiger partial charge on any atom is -0.354 e. The Labute approximate surface area is 115 Å². The van der Waals surface area contributed by atoms with Gasteiger partial charge in [-0.1, -0.05) is 30.3 Å². The zero-order valence-electron chi connectivity index (χ0n) is 11.7. The number of carbonyl (C=O) groups is 1. The molecule has 0 spiro atoms. The van der Waals surface area contributed by atoms with Crippen molar-refractivity contribution in [3.05, 3.63) is 35.9 Å². The van der Waals surface area contributed by atoms with Crippen LogP contribution in [0.3, 0.4) is 0 Å². The van der Waals surface area contributed by atoms with Crippen LogP contribution in [0.1, 0.15) is 19.4 Å². The van der Waals surface area contributed by atoms with Crippen LogP contribution >= 0.6 is 0 Å². The van der Waals surface area contributed by atoms with E-state index in [0.717, 1.165) is 24.8 Å². The molecular formula is C16H22N2O. The second kappa shape index (κ2) is 4.64. The molecule has 0 radical (unpaired) electrons. The van der Waals surface area contributed by atoms with Crippen molar-refractivity contribution in [2.45, 2.75) is 25.9 Å². The predicted molar refractivity (Wildman–Crippen MR) is 75.5 cm³/mol. The molecule has 0 bridgehead atoms. The van der Waals surface area contributed by atoms with Gasteiger partial charge in [-0.15, -0.1) is 0 Å². The van der Waals surface area contributed by atoms with E-state index in [2.05, 4.69) is 54.4 Å². The molecule has 102 valence electrons. The molecule has 1 saturated carbocycles. The largest absolute Gasteiger partial charge is 0.354 e. The minimum absolute atomic E-state index is 0.0457. The van der Waals surface area contributed by atoms with Gasteiger partial charge in [0, 0.05) is 25.2 Å². The van der Waals surface area contributed by atoms with Gasteiger partial charge < -0.3 is 5.32 Å². The standard InChI is InChI=1S/C16H22N2O/c1-16(2,17-11-19)15-13-9-18(10-14(13)15)8-12-6-4-3-5-7-12/h3-7,11,13-15H,8-10H2,1-2H3,(H,17,19). The number of likely N-dealkylation sites (tertiary alicyclic amines) is 1. The number of carbonyl (C=O) groups excluding carboxylic acids is 1. The third kappa shape index (κ3) is 2.39. The molecule has 1 heterocycles. The Morgan fingerprint density at radius 3 is 2.47 bits per heavy atom. The summed E-state index contributed by atoms with van der Waals surface area (Å²) >= 11 is 0. The molecule has 1 aromatic carbocycles. The minimum atomic E-state index is -0.0457. The highest BCUT2D eigenvalue weighted by atomic mass is 16.1. The Morgan fingerprint density at radius 2 is 1.89 bits per heavy atom. The van der Waals surface area contributed by atoms with Gasteiger partial charge in [0.2, 0.25) is 6.41 Å². The lowest BCUT2D eigenvalue weighted by atomic mass is 9.95. The quantitative estimate of drug-likeness (QED) is 0.818. The lowest BCUT2D eigenvalue weighted by molar-refractivity contribution is -0.111. The van der Waals surface area contributed by atoms with E-state index >= 15 is 0 Å². The average Bonchev–Trinajstić information content (AvgIpc) is 2.90. The summed E-state index contributed by atoms with van der Waals surface area (Å²) in [6, 6.07) is 10.7. The molecule has 3 rings (SSSR count). The maximum absolute atomic E-state index is 10.7. The van der Waals surface area contributed by atoms with Crippen molar-refractivity contribution >= 4 is 6.41 Å². The number of fused-ring (bicyclic) bond motifs is 1. The van der Waals surface area contributed by atoms with Crippen LogP contribution in [0, 0.1) is 17.8 Å². The first-order valence-corrected chi connectivity index (χ1v) is 7.09. The molecule has 2 unspecified atom stereocenters. The van der Waals surface area contributed by atoms with E-state index in [4.69, 9.17) is 0 Å². The highest BCUT2D eigenvalue weighted by molar-refractivity contribution is 5.48. The molecule has 3 heteroatoms. The van der Waals surface area contributed by atoms with Gasteiger partial charge in [-0.05, 0) is 37.2 Å². The SMILES string of the molecule is CC(C)(NC=O)C1C2CN(Cc3ccccc3)CC21. The van der Waals surface area contributed by atoms with Gasteiger partial charge in [-0.2, -0.15) is 0 Å². The van der Waals surface area contributed by atoms with E-state index in [-0.39, 0.29) is 5.54 Å². The molecule has 1 aromatic rings. The van der Waals surface area contributed by atoms with Crippen LogP contribution in [0.5, 0.6) is 0 Å². The van der Waals surface area contributed by atoms with E-state index < -0.39 is 0 Å². The molecule has 0 aromatic heterocycles. The van der Waals surface area contributed by atoms with Gasteiger partial charge in [0.05, 0.1) is 0 Å². The van der Waals surface area contributed by atoms with Crippen LogP contribution in [0.15, 0.2) is 30.3 Å². The Hall–Kier alpha value is -1.35. The summed E-state index contributed by atoms with van der Waals surface area (Å²) in [5.74, 6) is 2.20. The van der Waals surface area contributed by atoms with E-state index in [1.807, 2.05) is 0 Å². The monoisotopic (exact) mass is 258 g/mol. The Kier molecular flexibility index (Phi) is 3.09. The van der Waals surface area contributed by atoms with E-state index in [0.29, 0.717) is 5.92 Å². The van der Waals surface area contributed by atoms with E-state index in [9.17, 15) is 4.79 Å². The summed E-state index contributed by atoms with van der Waals surface area (Å²) in [7, 11) is 0. The zero-order chi connectivity index (χ0) is 13.5. The van der Waals surface area contributed by atoms with Crippen molar-refractivity contribution < 1.29 is 4.79 Å². The second-order valence-corrected chi connectivity index (χ2v) is 6.52. The number of nitrogens with zero attached hydrogens (tertiary/aromatic N) is 1. The molecule has 1 N–H and O–H groups in total. The Bertz CT molecular complexity index is 445. The van der Waals surface area contributed by atoms with E-state index in [1.54, 1.807) is 0 Å². The Balaban J connectivity index is 1.55. The summed E-state index contributed by atoms with van der Waals surface area (Å²) in [6.45, 7) is 7.70. The van der Waals surface area contributed by atoms with Crippen molar-refractivity contribution in [2.75, 3.05) is 13.1 Å². The number of benzene rings is 1. The van der Waals surface area contributed by atoms with Crippen molar-refractivity contribution in [2.24, 2.45) is 17.8 Å². The zero-order valence-corrected chi connectivity index (χ0v) is 11.7. The number of hydrogen-bond acceptors (Lipinski definition) is 2. The number of nitrogens with one attached hydrogen (secondary N) is 1. The van der Waals surface area contributed by atoms with Gasteiger partial charge >= 0.3 is 0 Å². The van der Waals surface area contributed by atoms with Crippen LogP contribution < -0.4 is 5.32 Å². The summed E-state index contributed by atoms with van der Waals surface area (Å²) < 4.78 is 0. The number of piperidine rings is 1. The molecule has 3 nitrogen and oxygen atoms in total. The maximum Gasteiger partial charge on any atom is 0.207 e. The first-order valence-electron chi connectivity index (χ1n) is 7.09. The van der Waals surface area contributed by atoms with Crippen molar-refractivity contribution in [3.8, 4) is 0 Å². The van der Waals surface area contributed by atoms with Crippen LogP contribution in [0.4, 0.5) is 0 Å². The van der Waals surface area contributed by atoms with Gasteiger partial charge in [0.1, 0.15) is 0 Å². The lowest BCUT2D eigenvalue weighted by Gasteiger charge is -2.28. The smallest absolute Gasteiger partial charge is 0.207 e. The fourth-order valence-corrected chi connectivity index (χ4v) is 3.90. The van der Waals surface area contributed by atoms with Crippen molar-refractivity contribution in [3.63, 3.8) is 0 Å². The summed E-state index contributed by atoms with van der Waals surface area (Å²) in [6.07, 6.45) is 0.843. The topological polar surface area (TPSA) is 32.3 Å². The number of amides is 1. The molecule has 19 heavy (non-hydrogen) atoms. The average molecular weight is 258 g/mol. The van der Waals surface area contributed by atoms with Crippen molar-refractivity contribution in [1.82, 2.24) is 10.2 Å². The summed E-state index contributed by atoms with van der Waals surface area (Å²) in [5, 5.41) is 2.98. The molecule has 1 amide bonds. The number of hydrogen-bond donors (Lipinski definition) is 1. The lowest BCUT2D eigenvalue weighted by Crippen LogP contribution is -2.43. The number of rotatable bonds is 5. The van der Waals surface area contributed by atoms with Crippen LogP contribution in [0.2, 0.25) is 0 Å². The van der Waals surface area contributed by atoms with Gasteiger partial charge in [0.25, 0.3) is 0 Å². The van der Waals surface area contributed by atoms with Gasteiger partial charge in [-0.3, -0.25) is 9.69 Å². The maximum atomic E-state index is 10.7. The second-order valence-electron chi connectivity index (χ2n) is 6.52. The highest BCUT2D eigenvalue weighted by Crippen LogP contribution is 2.56. The van der Waals surface area contributed by atoms with Crippen LogP contribution in [0.25, 0.3) is 0 Å². The fraction of sp³-hybridized carbons (Fsp3) is 0.562. The van der Waals surface area contributed by atoms with Crippen LogP contribution in [-0.4, -0.2) is 29.9 Å². The molecular weight excluding hydrogens is 236 g/mol. The molecule has 2 atom stereocenters. The highest BCUT2D eigenvalue weighted by Gasteiger charge is 2.61. The Morgan fingerprint density at radius 1 is 1.26 bits per heavy atom. The summed E-state index contributed by atoms with van der Waals surface area (Å²) in [5.41, 5.74) is 1.35. The first kappa shape index (κ1) is 12.7. The fourth-order valence-electron chi connectivity index (χ4n) is 3.90. The van der Waals surface area contributed by atoms with Crippen LogP contribution in [-0.2, 0) is 11.3 Å². The molecule has 1 aliphatic carbocycles.